The van der Waals surface area contributed by atoms with Crippen LogP contribution in [0.4, 0.5) is 0 Å². The Labute approximate surface area is 100 Å². The molecule has 1 aromatic carbocycles. The summed E-state index contributed by atoms with van der Waals surface area (Å²) in [5.74, 6) is -0.895. The highest BCUT2D eigenvalue weighted by Crippen LogP contribution is 1.99. The molecule has 0 aliphatic heterocycles. The van der Waals surface area contributed by atoms with Crippen molar-refractivity contribution in [3.8, 4) is 0 Å². The lowest BCUT2D eigenvalue weighted by Crippen LogP contribution is -2.21. The summed E-state index contributed by atoms with van der Waals surface area (Å²) < 4.78 is 4.65. The van der Waals surface area contributed by atoms with Gasteiger partial charge in [0.25, 0.3) is 0 Å². The molecule has 0 aliphatic carbocycles. The lowest BCUT2D eigenvalue weighted by Gasteiger charge is -2.00. The SMILES string of the molecule is CCOC(=O)CC(=O)N/C=C/c1ccccc1. The summed E-state index contributed by atoms with van der Waals surface area (Å²) in [5.41, 5.74) is 0.976. The van der Waals surface area contributed by atoms with Crippen molar-refractivity contribution in [2.24, 2.45) is 0 Å². The van der Waals surface area contributed by atoms with Gasteiger partial charge in [0.05, 0.1) is 6.61 Å². The molecule has 17 heavy (non-hydrogen) atoms. The number of hydrogen-bond donors (Lipinski definition) is 1. The highest BCUT2D eigenvalue weighted by Gasteiger charge is 2.07. The normalized spacial score (nSPS) is 10.2. The van der Waals surface area contributed by atoms with E-state index < -0.39 is 5.97 Å². The smallest absolute Gasteiger partial charge is 0.315 e. The number of carbonyl (C=O) groups excluding carboxylic acids is 2. The first-order valence-electron chi connectivity index (χ1n) is 5.39. The van der Waals surface area contributed by atoms with E-state index in [-0.39, 0.29) is 18.9 Å². The van der Waals surface area contributed by atoms with Gasteiger partial charge in [0.2, 0.25) is 5.91 Å². The maximum absolute atomic E-state index is 11.3. The molecule has 1 rings (SSSR count). The van der Waals surface area contributed by atoms with E-state index in [9.17, 15) is 9.59 Å². The van der Waals surface area contributed by atoms with Gasteiger partial charge in [-0.3, -0.25) is 9.59 Å². The molecule has 0 saturated heterocycles. The lowest BCUT2D eigenvalue weighted by molar-refractivity contribution is -0.145. The van der Waals surface area contributed by atoms with Crippen molar-refractivity contribution in [3.05, 3.63) is 42.1 Å². The summed E-state index contributed by atoms with van der Waals surface area (Å²) in [4.78, 5) is 22.2. The standard InChI is InChI=1S/C13H15NO3/c1-2-17-13(16)10-12(15)14-9-8-11-6-4-3-5-7-11/h3-9H,2,10H2,1H3,(H,14,15)/b9-8+. The Bertz CT molecular complexity index is 398. The van der Waals surface area contributed by atoms with E-state index in [2.05, 4.69) is 10.1 Å². The van der Waals surface area contributed by atoms with Crippen molar-refractivity contribution in [1.82, 2.24) is 5.32 Å². The van der Waals surface area contributed by atoms with Crippen molar-refractivity contribution in [3.63, 3.8) is 0 Å². The van der Waals surface area contributed by atoms with Crippen LogP contribution in [0.5, 0.6) is 0 Å². The minimum atomic E-state index is -0.516. The Morgan fingerprint density at radius 2 is 2.00 bits per heavy atom. The van der Waals surface area contributed by atoms with Gasteiger partial charge in [0, 0.05) is 6.20 Å². The molecule has 90 valence electrons. The summed E-state index contributed by atoms with van der Waals surface area (Å²) in [5, 5.41) is 2.50. The number of nitrogens with one attached hydrogen (secondary N) is 1. The molecule has 0 bridgehead atoms. The molecule has 0 spiro atoms. The zero-order valence-electron chi connectivity index (χ0n) is 9.68. The van der Waals surface area contributed by atoms with Crippen LogP contribution in [-0.4, -0.2) is 18.5 Å². The largest absolute Gasteiger partial charge is 0.466 e. The second-order valence-electron chi connectivity index (χ2n) is 3.29. The van der Waals surface area contributed by atoms with Crippen LogP contribution in [0.3, 0.4) is 0 Å². The van der Waals surface area contributed by atoms with Gasteiger partial charge >= 0.3 is 5.97 Å². The van der Waals surface area contributed by atoms with E-state index in [0.717, 1.165) is 5.56 Å². The molecule has 0 radical (unpaired) electrons. The zero-order valence-corrected chi connectivity index (χ0v) is 9.68. The number of rotatable bonds is 5. The van der Waals surface area contributed by atoms with Crippen LogP contribution in [0, 0.1) is 0 Å². The molecule has 0 atom stereocenters. The molecule has 1 aromatic rings. The Kier molecular flexibility index (Phi) is 5.51. The number of benzene rings is 1. The van der Waals surface area contributed by atoms with Crippen molar-refractivity contribution in [1.29, 1.82) is 0 Å². The monoisotopic (exact) mass is 233 g/mol. The number of carbonyl (C=O) groups is 2. The van der Waals surface area contributed by atoms with Crippen molar-refractivity contribution >= 4 is 18.0 Å². The van der Waals surface area contributed by atoms with E-state index in [4.69, 9.17) is 0 Å². The molecular weight excluding hydrogens is 218 g/mol. The first-order chi connectivity index (χ1) is 8.22. The van der Waals surface area contributed by atoms with Gasteiger partial charge in [0.1, 0.15) is 6.42 Å². The lowest BCUT2D eigenvalue weighted by atomic mass is 10.2. The molecule has 1 N–H and O–H groups in total. The second-order valence-corrected chi connectivity index (χ2v) is 3.29. The third-order valence-electron chi connectivity index (χ3n) is 1.93. The van der Waals surface area contributed by atoms with Crippen LogP contribution >= 0.6 is 0 Å². The maximum atomic E-state index is 11.3. The summed E-state index contributed by atoms with van der Waals surface area (Å²) in [6, 6.07) is 9.54. The van der Waals surface area contributed by atoms with Gasteiger partial charge in [-0.15, -0.1) is 0 Å². The van der Waals surface area contributed by atoms with Crippen LogP contribution in [0.1, 0.15) is 18.9 Å². The van der Waals surface area contributed by atoms with Crippen LogP contribution in [0.2, 0.25) is 0 Å². The second kappa shape index (κ2) is 7.22. The summed E-state index contributed by atoms with van der Waals surface area (Å²) >= 11 is 0. The van der Waals surface area contributed by atoms with Crippen LogP contribution in [0.25, 0.3) is 6.08 Å². The maximum Gasteiger partial charge on any atom is 0.315 e. The average molecular weight is 233 g/mol. The summed E-state index contributed by atoms with van der Waals surface area (Å²) in [7, 11) is 0. The molecule has 4 nitrogen and oxygen atoms in total. The van der Waals surface area contributed by atoms with Crippen LogP contribution in [-0.2, 0) is 14.3 Å². The van der Waals surface area contributed by atoms with Crippen LogP contribution < -0.4 is 5.32 Å². The minimum Gasteiger partial charge on any atom is -0.466 e. The fourth-order valence-electron chi connectivity index (χ4n) is 1.19. The topological polar surface area (TPSA) is 55.4 Å². The van der Waals surface area contributed by atoms with E-state index in [0.29, 0.717) is 0 Å². The molecule has 0 aliphatic rings. The van der Waals surface area contributed by atoms with E-state index >= 15 is 0 Å². The molecule has 0 aromatic heterocycles. The Morgan fingerprint density at radius 1 is 1.29 bits per heavy atom. The number of ether oxygens (including phenoxy) is 1. The Balaban J connectivity index is 2.33. The first kappa shape index (κ1) is 13.0. The van der Waals surface area contributed by atoms with Gasteiger partial charge in [-0.2, -0.15) is 0 Å². The zero-order chi connectivity index (χ0) is 12.5. The molecule has 0 unspecified atom stereocenters. The van der Waals surface area contributed by atoms with Gasteiger partial charge in [0.15, 0.2) is 0 Å². The molecule has 0 fully saturated rings. The van der Waals surface area contributed by atoms with Crippen molar-refractivity contribution in [2.45, 2.75) is 13.3 Å². The Morgan fingerprint density at radius 3 is 2.65 bits per heavy atom. The highest BCUT2D eigenvalue weighted by atomic mass is 16.5. The van der Waals surface area contributed by atoms with Gasteiger partial charge < -0.3 is 10.1 Å². The van der Waals surface area contributed by atoms with Crippen molar-refractivity contribution in [2.75, 3.05) is 6.61 Å². The summed E-state index contributed by atoms with van der Waals surface area (Å²) in [6.45, 7) is 1.98. The minimum absolute atomic E-state index is 0.257. The summed E-state index contributed by atoms with van der Waals surface area (Å²) in [6.07, 6.45) is 3.01. The highest BCUT2D eigenvalue weighted by molar-refractivity contribution is 5.94. The predicted molar refractivity (Wildman–Crippen MR) is 64.9 cm³/mol. The molecule has 0 saturated carbocycles. The van der Waals surface area contributed by atoms with E-state index in [1.54, 1.807) is 13.0 Å². The molecule has 1 amide bonds. The number of amides is 1. The van der Waals surface area contributed by atoms with E-state index in [1.807, 2.05) is 30.3 Å². The predicted octanol–water partition coefficient (Wildman–Crippen LogP) is 1.73. The van der Waals surface area contributed by atoms with Crippen molar-refractivity contribution < 1.29 is 14.3 Å². The molecule has 4 heteroatoms. The fourth-order valence-corrected chi connectivity index (χ4v) is 1.19. The fraction of sp³-hybridized carbons (Fsp3) is 0.231. The molecule has 0 heterocycles. The van der Waals surface area contributed by atoms with Gasteiger partial charge in [-0.25, -0.2) is 0 Å². The third-order valence-corrected chi connectivity index (χ3v) is 1.93. The quantitative estimate of drug-likeness (QED) is 0.622. The Hall–Kier alpha value is -2.10. The van der Waals surface area contributed by atoms with Gasteiger partial charge in [-0.05, 0) is 18.6 Å². The van der Waals surface area contributed by atoms with Crippen LogP contribution in [0.15, 0.2) is 36.5 Å². The third kappa shape index (κ3) is 5.51. The first-order valence-corrected chi connectivity index (χ1v) is 5.39. The average Bonchev–Trinajstić information content (AvgIpc) is 2.30. The number of hydrogen-bond acceptors (Lipinski definition) is 3. The van der Waals surface area contributed by atoms with Gasteiger partial charge in [-0.1, -0.05) is 30.3 Å². The number of esters is 1. The molecular formula is C13H15NO3. The van der Waals surface area contributed by atoms with E-state index in [1.165, 1.54) is 6.20 Å².